The highest BCUT2D eigenvalue weighted by Crippen LogP contribution is 2.16. The second kappa shape index (κ2) is 8.94. The molecule has 1 atom stereocenters. The molecule has 6 heteroatoms. The molecular weight excluding hydrogens is 316 g/mol. The molecule has 0 spiro atoms. The Labute approximate surface area is 148 Å². The summed E-state index contributed by atoms with van der Waals surface area (Å²) in [6, 6.07) is 10.9. The van der Waals surface area contributed by atoms with E-state index in [4.69, 9.17) is 0 Å². The molecule has 0 aliphatic heterocycles. The fourth-order valence-corrected chi connectivity index (χ4v) is 2.41. The molecule has 0 fully saturated rings. The first-order chi connectivity index (χ1) is 12.0. The summed E-state index contributed by atoms with van der Waals surface area (Å²) in [4.78, 5) is 29.8. The van der Waals surface area contributed by atoms with Gasteiger partial charge < -0.3 is 15.5 Å². The van der Waals surface area contributed by atoms with E-state index in [-0.39, 0.29) is 17.7 Å². The smallest absolute Gasteiger partial charge is 0.258 e. The minimum Gasteiger partial charge on any atom is -0.352 e. The van der Waals surface area contributed by atoms with Crippen LogP contribution in [0.4, 0.5) is 5.69 Å². The quantitative estimate of drug-likeness (QED) is 0.806. The molecule has 0 saturated heterocycles. The standard InChI is InChI=1S/C19H24N4O2/c1-14(12-20-2)18(24)22-13-15-4-6-17(7-5-15)23(3)19(25)16-8-10-21-11-9-16/h4-11,14,20H,12-13H2,1-3H3,(H,22,24). The third-order valence-corrected chi connectivity index (χ3v) is 3.98. The van der Waals surface area contributed by atoms with Crippen LogP contribution in [0.1, 0.15) is 22.8 Å². The van der Waals surface area contributed by atoms with E-state index in [0.29, 0.717) is 18.7 Å². The van der Waals surface area contributed by atoms with E-state index < -0.39 is 0 Å². The first-order valence-corrected chi connectivity index (χ1v) is 8.22. The van der Waals surface area contributed by atoms with Crippen molar-refractivity contribution in [2.75, 3.05) is 25.5 Å². The van der Waals surface area contributed by atoms with Crippen molar-refractivity contribution in [2.24, 2.45) is 5.92 Å². The molecule has 132 valence electrons. The van der Waals surface area contributed by atoms with Gasteiger partial charge in [-0.3, -0.25) is 14.6 Å². The second-order valence-corrected chi connectivity index (χ2v) is 5.94. The van der Waals surface area contributed by atoms with Gasteiger partial charge in [-0.2, -0.15) is 0 Å². The average molecular weight is 340 g/mol. The molecule has 1 aromatic carbocycles. The monoisotopic (exact) mass is 340 g/mol. The number of aromatic nitrogens is 1. The van der Waals surface area contributed by atoms with Crippen LogP contribution in [0.5, 0.6) is 0 Å². The topological polar surface area (TPSA) is 74.3 Å². The highest BCUT2D eigenvalue weighted by Gasteiger charge is 2.14. The molecule has 25 heavy (non-hydrogen) atoms. The summed E-state index contributed by atoms with van der Waals surface area (Å²) in [5.41, 5.74) is 2.37. The number of carbonyl (C=O) groups excluding carboxylic acids is 2. The van der Waals surface area contributed by atoms with E-state index in [0.717, 1.165) is 11.3 Å². The Morgan fingerprint density at radius 1 is 1.12 bits per heavy atom. The van der Waals surface area contributed by atoms with Gasteiger partial charge in [0.1, 0.15) is 0 Å². The molecule has 2 rings (SSSR count). The molecule has 0 aliphatic carbocycles. The Kier molecular flexibility index (Phi) is 6.65. The second-order valence-electron chi connectivity index (χ2n) is 5.94. The van der Waals surface area contributed by atoms with Crippen molar-refractivity contribution in [3.8, 4) is 0 Å². The third-order valence-electron chi connectivity index (χ3n) is 3.98. The first kappa shape index (κ1) is 18.6. The van der Waals surface area contributed by atoms with E-state index in [1.807, 2.05) is 38.2 Å². The lowest BCUT2D eigenvalue weighted by molar-refractivity contribution is -0.124. The number of pyridine rings is 1. The van der Waals surface area contributed by atoms with Gasteiger partial charge in [0.2, 0.25) is 5.91 Å². The number of carbonyl (C=O) groups is 2. The van der Waals surface area contributed by atoms with E-state index in [1.54, 1.807) is 36.5 Å². The molecule has 0 radical (unpaired) electrons. The van der Waals surface area contributed by atoms with E-state index >= 15 is 0 Å². The predicted molar refractivity (Wildman–Crippen MR) is 98.3 cm³/mol. The van der Waals surface area contributed by atoms with Gasteiger partial charge in [0, 0.05) is 49.7 Å². The highest BCUT2D eigenvalue weighted by molar-refractivity contribution is 6.05. The SMILES string of the molecule is CNCC(C)C(=O)NCc1ccc(N(C)C(=O)c2ccncc2)cc1. The average Bonchev–Trinajstić information content (AvgIpc) is 2.66. The van der Waals surface area contributed by atoms with Gasteiger partial charge in [0.15, 0.2) is 0 Å². The summed E-state index contributed by atoms with van der Waals surface area (Å²) >= 11 is 0. The van der Waals surface area contributed by atoms with Crippen LogP contribution in [0.25, 0.3) is 0 Å². The fraction of sp³-hybridized carbons (Fsp3) is 0.316. The van der Waals surface area contributed by atoms with Gasteiger partial charge in [-0.05, 0) is 36.9 Å². The number of anilines is 1. The van der Waals surface area contributed by atoms with Crippen molar-refractivity contribution in [1.29, 1.82) is 0 Å². The van der Waals surface area contributed by atoms with Crippen molar-refractivity contribution in [2.45, 2.75) is 13.5 Å². The number of benzene rings is 1. The van der Waals surface area contributed by atoms with Gasteiger partial charge in [0.25, 0.3) is 5.91 Å². The maximum atomic E-state index is 12.4. The van der Waals surface area contributed by atoms with E-state index in [1.165, 1.54) is 0 Å². The summed E-state index contributed by atoms with van der Waals surface area (Å²) in [5.74, 6) is -0.152. The van der Waals surface area contributed by atoms with Crippen LogP contribution in [-0.4, -0.2) is 37.4 Å². The molecule has 2 N–H and O–H groups in total. The van der Waals surface area contributed by atoms with Gasteiger partial charge in [-0.15, -0.1) is 0 Å². The van der Waals surface area contributed by atoms with Crippen LogP contribution < -0.4 is 15.5 Å². The minimum atomic E-state index is -0.0932. The highest BCUT2D eigenvalue weighted by atomic mass is 16.2. The zero-order valence-electron chi connectivity index (χ0n) is 14.8. The van der Waals surface area contributed by atoms with Gasteiger partial charge in [-0.25, -0.2) is 0 Å². The molecule has 0 bridgehead atoms. The minimum absolute atomic E-state index is 0.0170. The summed E-state index contributed by atoms with van der Waals surface area (Å²) in [7, 11) is 3.56. The predicted octanol–water partition coefficient (Wildman–Crippen LogP) is 1.83. The molecule has 1 heterocycles. The summed E-state index contributed by atoms with van der Waals surface area (Å²) in [5, 5.41) is 5.90. The van der Waals surface area contributed by atoms with Crippen LogP contribution in [0.3, 0.4) is 0 Å². The maximum Gasteiger partial charge on any atom is 0.258 e. The number of nitrogens with one attached hydrogen (secondary N) is 2. The summed E-state index contributed by atoms with van der Waals surface area (Å²) < 4.78 is 0. The van der Waals surface area contributed by atoms with Gasteiger partial charge in [-0.1, -0.05) is 19.1 Å². The lowest BCUT2D eigenvalue weighted by Gasteiger charge is -2.18. The Hall–Kier alpha value is -2.73. The molecule has 0 aliphatic rings. The van der Waals surface area contributed by atoms with Gasteiger partial charge in [0.05, 0.1) is 0 Å². The van der Waals surface area contributed by atoms with E-state index in [2.05, 4.69) is 15.6 Å². The summed E-state index contributed by atoms with van der Waals surface area (Å²) in [6.45, 7) is 3.00. The summed E-state index contributed by atoms with van der Waals surface area (Å²) in [6.07, 6.45) is 3.20. The third kappa shape index (κ3) is 5.12. The van der Waals surface area contributed by atoms with Gasteiger partial charge >= 0.3 is 0 Å². The van der Waals surface area contributed by atoms with Crippen LogP contribution in [0, 0.1) is 5.92 Å². The number of hydrogen-bond donors (Lipinski definition) is 2. The van der Waals surface area contributed by atoms with Crippen LogP contribution in [0.2, 0.25) is 0 Å². The van der Waals surface area contributed by atoms with Crippen molar-refractivity contribution in [1.82, 2.24) is 15.6 Å². The Balaban J connectivity index is 1.95. The zero-order valence-corrected chi connectivity index (χ0v) is 14.8. The maximum absolute atomic E-state index is 12.4. The normalized spacial score (nSPS) is 11.6. The fourth-order valence-electron chi connectivity index (χ4n) is 2.41. The number of hydrogen-bond acceptors (Lipinski definition) is 4. The molecular formula is C19H24N4O2. The zero-order chi connectivity index (χ0) is 18.2. The number of nitrogens with zero attached hydrogens (tertiary/aromatic N) is 2. The first-order valence-electron chi connectivity index (χ1n) is 8.22. The van der Waals surface area contributed by atoms with Crippen LogP contribution in [-0.2, 0) is 11.3 Å². The van der Waals surface area contributed by atoms with Crippen LogP contribution >= 0.6 is 0 Å². The molecule has 1 aromatic heterocycles. The van der Waals surface area contributed by atoms with Crippen molar-refractivity contribution in [3.63, 3.8) is 0 Å². The lowest BCUT2D eigenvalue weighted by Crippen LogP contribution is -2.33. The van der Waals surface area contributed by atoms with Crippen molar-refractivity contribution >= 4 is 17.5 Å². The van der Waals surface area contributed by atoms with Crippen molar-refractivity contribution < 1.29 is 9.59 Å². The molecule has 2 aromatic rings. The number of rotatable bonds is 7. The Morgan fingerprint density at radius 2 is 1.76 bits per heavy atom. The molecule has 0 saturated carbocycles. The number of amides is 2. The Bertz CT molecular complexity index is 701. The molecule has 1 unspecified atom stereocenters. The van der Waals surface area contributed by atoms with Crippen LogP contribution in [0.15, 0.2) is 48.8 Å². The molecule has 6 nitrogen and oxygen atoms in total. The van der Waals surface area contributed by atoms with Crippen molar-refractivity contribution in [3.05, 3.63) is 59.9 Å². The lowest BCUT2D eigenvalue weighted by atomic mass is 10.1. The molecule has 2 amide bonds. The Morgan fingerprint density at radius 3 is 2.36 bits per heavy atom. The van der Waals surface area contributed by atoms with E-state index in [9.17, 15) is 9.59 Å². The largest absolute Gasteiger partial charge is 0.352 e.